The lowest BCUT2D eigenvalue weighted by molar-refractivity contribution is 0.525. The summed E-state index contributed by atoms with van der Waals surface area (Å²) < 4.78 is 28.5. The number of hydrogen-bond donors (Lipinski definition) is 1. The summed E-state index contributed by atoms with van der Waals surface area (Å²) in [5, 5.41) is 17.1. The van der Waals surface area contributed by atoms with E-state index in [0.717, 1.165) is 28.8 Å². The summed E-state index contributed by atoms with van der Waals surface area (Å²) in [5.41, 5.74) is 6.84. The van der Waals surface area contributed by atoms with Crippen molar-refractivity contribution < 1.29 is 8.78 Å². The lowest BCUT2D eigenvalue weighted by Gasteiger charge is -2.35. The van der Waals surface area contributed by atoms with E-state index in [4.69, 9.17) is 17.3 Å². The molecule has 0 aliphatic carbocycles. The van der Waals surface area contributed by atoms with Gasteiger partial charge in [-0.2, -0.15) is 5.10 Å². The van der Waals surface area contributed by atoms with Crippen LogP contribution < -0.4 is 10.7 Å². The molecule has 0 amide bonds. The Labute approximate surface area is 186 Å². The molecule has 5 nitrogen and oxygen atoms in total. The van der Waals surface area contributed by atoms with Crippen molar-refractivity contribution in [2.45, 2.75) is 24.6 Å². The van der Waals surface area contributed by atoms with Gasteiger partial charge in [-0.15, -0.1) is 10.2 Å². The molecule has 2 aromatic carbocycles. The molecule has 0 fully saturated rings. The van der Waals surface area contributed by atoms with Gasteiger partial charge in [0, 0.05) is 10.6 Å². The van der Waals surface area contributed by atoms with E-state index in [0.29, 0.717) is 34.6 Å². The van der Waals surface area contributed by atoms with E-state index >= 15 is 0 Å². The van der Waals surface area contributed by atoms with Gasteiger partial charge in [0.2, 0.25) is 5.13 Å². The predicted octanol–water partition coefficient (Wildman–Crippen LogP) is 5.29. The summed E-state index contributed by atoms with van der Waals surface area (Å²) in [6.07, 6.45) is 1.30. The van der Waals surface area contributed by atoms with Crippen LogP contribution in [-0.2, 0) is 4.87 Å². The Bertz CT molecular complexity index is 1090. The zero-order valence-corrected chi connectivity index (χ0v) is 18.4. The highest BCUT2D eigenvalue weighted by Gasteiger charge is 2.47. The van der Waals surface area contributed by atoms with Crippen molar-refractivity contribution in [3.05, 3.63) is 75.3 Å². The maximum atomic E-state index is 14.6. The minimum Gasteiger partial charge on any atom is -0.330 e. The van der Waals surface area contributed by atoms with Gasteiger partial charge >= 0.3 is 0 Å². The van der Waals surface area contributed by atoms with Gasteiger partial charge in [-0.25, -0.2) is 13.8 Å². The summed E-state index contributed by atoms with van der Waals surface area (Å²) in [7, 11) is 0. The minimum absolute atomic E-state index is 0.106. The maximum Gasteiger partial charge on any atom is 0.230 e. The summed E-state index contributed by atoms with van der Waals surface area (Å²) in [6.45, 7) is 2.33. The summed E-state index contributed by atoms with van der Waals surface area (Å²) in [5.74, 6) is -1.07. The fraction of sp³-hybridized carbons (Fsp3) is 0.250. The van der Waals surface area contributed by atoms with Gasteiger partial charge < -0.3 is 5.73 Å². The standard InChI is InChI=1S/C20H18ClF2N5S2/c1-12-25-26-19(29-12)28-20(9-2-10-24,13-3-5-14(21)6-4-13)30-18(27-28)16-11-15(22)7-8-17(16)23/h3-8,11H,2,9-10,24H2,1H3. The summed E-state index contributed by atoms with van der Waals surface area (Å²) in [6, 6.07) is 10.8. The molecule has 1 aromatic heterocycles. The molecule has 0 saturated carbocycles. The van der Waals surface area contributed by atoms with Crippen LogP contribution in [0.5, 0.6) is 0 Å². The highest BCUT2D eigenvalue weighted by atomic mass is 35.5. The van der Waals surface area contributed by atoms with Gasteiger partial charge in [0.25, 0.3) is 0 Å². The van der Waals surface area contributed by atoms with Gasteiger partial charge in [0.15, 0.2) is 0 Å². The second-order valence-corrected chi connectivity index (χ2v) is 9.59. The van der Waals surface area contributed by atoms with Crippen molar-refractivity contribution >= 4 is 44.9 Å². The number of aromatic nitrogens is 2. The number of benzene rings is 2. The Morgan fingerprint density at radius 2 is 1.90 bits per heavy atom. The van der Waals surface area contributed by atoms with Gasteiger partial charge in [0.05, 0.1) is 0 Å². The van der Waals surface area contributed by atoms with Crippen molar-refractivity contribution in [3.8, 4) is 0 Å². The number of hydrogen-bond acceptors (Lipinski definition) is 7. The molecule has 10 heteroatoms. The van der Waals surface area contributed by atoms with Crippen molar-refractivity contribution in [1.82, 2.24) is 10.2 Å². The topological polar surface area (TPSA) is 67.4 Å². The third kappa shape index (κ3) is 3.94. The highest BCUT2D eigenvalue weighted by molar-refractivity contribution is 8.15. The minimum atomic E-state index is -0.746. The van der Waals surface area contributed by atoms with Crippen LogP contribution in [0.2, 0.25) is 5.02 Å². The molecule has 0 spiro atoms. The van der Waals surface area contributed by atoms with E-state index in [-0.39, 0.29) is 5.56 Å². The lowest BCUT2D eigenvalue weighted by atomic mass is 10.0. The van der Waals surface area contributed by atoms with E-state index in [1.807, 2.05) is 19.1 Å². The number of nitrogens with two attached hydrogens (primary N) is 1. The van der Waals surface area contributed by atoms with Crippen LogP contribution in [0.25, 0.3) is 0 Å². The zero-order valence-electron chi connectivity index (χ0n) is 16.0. The number of aryl methyl sites for hydroxylation is 1. The Balaban J connectivity index is 1.88. The first-order valence-corrected chi connectivity index (χ1v) is 11.2. The molecule has 1 atom stereocenters. The van der Waals surface area contributed by atoms with Gasteiger partial charge in [-0.05, 0) is 62.2 Å². The SMILES string of the molecule is Cc1nnc(N2N=C(c3cc(F)ccc3F)SC2(CCCN)c2ccc(Cl)cc2)s1. The van der Waals surface area contributed by atoms with Crippen molar-refractivity contribution in [3.63, 3.8) is 0 Å². The first-order valence-electron chi connectivity index (χ1n) is 9.22. The van der Waals surface area contributed by atoms with E-state index < -0.39 is 16.5 Å². The fourth-order valence-corrected chi connectivity index (χ4v) is 5.59. The van der Waals surface area contributed by atoms with Crippen molar-refractivity contribution in [1.29, 1.82) is 0 Å². The number of rotatable bonds is 6. The summed E-state index contributed by atoms with van der Waals surface area (Å²) >= 11 is 8.84. The fourth-order valence-electron chi connectivity index (χ4n) is 3.27. The predicted molar refractivity (Wildman–Crippen MR) is 119 cm³/mol. The average molecular weight is 466 g/mol. The van der Waals surface area contributed by atoms with E-state index in [1.54, 1.807) is 17.1 Å². The Morgan fingerprint density at radius 1 is 1.13 bits per heavy atom. The number of hydrazone groups is 1. The van der Waals surface area contributed by atoms with E-state index in [1.165, 1.54) is 23.1 Å². The Kier molecular flexibility index (Phi) is 6.06. The normalized spacial score (nSPS) is 18.7. The van der Waals surface area contributed by atoms with Gasteiger partial charge in [0.1, 0.15) is 26.6 Å². The van der Waals surface area contributed by atoms with Crippen LogP contribution in [0.15, 0.2) is 47.6 Å². The second kappa shape index (κ2) is 8.58. The van der Waals surface area contributed by atoms with Crippen LogP contribution in [0.1, 0.15) is 29.0 Å². The summed E-state index contributed by atoms with van der Waals surface area (Å²) in [4.78, 5) is -0.746. The molecular formula is C20H18ClF2N5S2. The van der Waals surface area contributed by atoms with Crippen LogP contribution in [0.3, 0.4) is 0 Å². The smallest absolute Gasteiger partial charge is 0.230 e. The zero-order chi connectivity index (χ0) is 21.3. The van der Waals surface area contributed by atoms with Crippen LogP contribution >= 0.6 is 34.7 Å². The molecule has 1 aliphatic heterocycles. The largest absolute Gasteiger partial charge is 0.330 e. The third-order valence-corrected chi connectivity index (χ3v) is 7.18. The first kappa shape index (κ1) is 21.2. The van der Waals surface area contributed by atoms with Gasteiger partial charge in [-0.1, -0.05) is 46.8 Å². The molecule has 2 N–H and O–H groups in total. The molecule has 1 unspecified atom stereocenters. The highest BCUT2D eigenvalue weighted by Crippen LogP contribution is 2.52. The van der Waals surface area contributed by atoms with Crippen molar-refractivity contribution in [2.24, 2.45) is 10.8 Å². The van der Waals surface area contributed by atoms with Crippen LogP contribution in [0.4, 0.5) is 13.9 Å². The Morgan fingerprint density at radius 3 is 2.57 bits per heavy atom. The van der Waals surface area contributed by atoms with E-state index in [2.05, 4.69) is 15.3 Å². The van der Waals surface area contributed by atoms with Crippen molar-refractivity contribution in [2.75, 3.05) is 11.6 Å². The molecule has 156 valence electrons. The molecule has 4 rings (SSSR count). The number of halogens is 3. The molecule has 0 radical (unpaired) electrons. The quantitative estimate of drug-likeness (QED) is 0.536. The monoisotopic (exact) mass is 465 g/mol. The number of nitrogens with zero attached hydrogens (tertiary/aromatic N) is 4. The number of thioether (sulfide) groups is 1. The second-order valence-electron chi connectivity index (χ2n) is 6.73. The van der Waals surface area contributed by atoms with Crippen LogP contribution in [0, 0.1) is 18.6 Å². The molecule has 30 heavy (non-hydrogen) atoms. The maximum absolute atomic E-state index is 14.6. The molecule has 1 aliphatic rings. The average Bonchev–Trinajstić information content (AvgIpc) is 3.33. The van der Waals surface area contributed by atoms with Gasteiger partial charge in [-0.3, -0.25) is 0 Å². The molecule has 0 bridgehead atoms. The molecular weight excluding hydrogens is 448 g/mol. The molecule has 2 heterocycles. The van der Waals surface area contributed by atoms with E-state index in [9.17, 15) is 8.78 Å². The molecule has 3 aromatic rings. The first-order chi connectivity index (χ1) is 14.4. The lowest BCUT2D eigenvalue weighted by Crippen LogP contribution is -2.38. The third-order valence-electron chi connectivity index (χ3n) is 4.67. The molecule has 0 saturated heterocycles. The van der Waals surface area contributed by atoms with Crippen LogP contribution in [-0.4, -0.2) is 21.8 Å². The Hall–Kier alpha value is -2.07. The number of anilines is 1.